The summed E-state index contributed by atoms with van der Waals surface area (Å²) in [6, 6.07) is 2.96. The summed E-state index contributed by atoms with van der Waals surface area (Å²) in [6.45, 7) is 4.91. The molecule has 0 heterocycles. The van der Waals surface area contributed by atoms with E-state index in [0.717, 1.165) is 18.2 Å². The number of aliphatic carboxylic acids is 1. The Hall–Kier alpha value is -2.25. The minimum Gasteiger partial charge on any atom is -0.477 e. The number of carboxylic acid groups (broad SMARTS) is 1. The van der Waals surface area contributed by atoms with Crippen LogP contribution in [0.2, 0.25) is 0 Å². The molecule has 0 saturated carbocycles. The van der Waals surface area contributed by atoms with E-state index in [-0.39, 0.29) is 5.69 Å². The number of anilines is 1. The molecule has 0 aliphatic heterocycles. The van der Waals surface area contributed by atoms with Crippen LogP contribution in [-0.2, 0) is 16.0 Å². The van der Waals surface area contributed by atoms with Crippen molar-refractivity contribution in [1.82, 2.24) is 0 Å². The van der Waals surface area contributed by atoms with E-state index >= 15 is 0 Å². The number of hydrogen-bond donors (Lipinski definition) is 2. The third kappa shape index (κ3) is 5.27. The highest BCUT2D eigenvalue weighted by molar-refractivity contribution is 5.85. The first-order valence-corrected chi connectivity index (χ1v) is 6.30. The van der Waals surface area contributed by atoms with Crippen LogP contribution in [0.15, 0.2) is 18.2 Å². The molecule has 122 valence electrons. The average Bonchev–Trinajstić information content (AvgIpc) is 2.30. The highest BCUT2D eigenvalue weighted by Gasteiger charge is 2.39. The van der Waals surface area contributed by atoms with Crippen molar-refractivity contribution in [2.75, 3.05) is 5.32 Å². The maximum Gasteiger partial charge on any atom is 0.412 e. The zero-order chi connectivity index (χ0) is 17.1. The smallest absolute Gasteiger partial charge is 0.412 e. The first-order chi connectivity index (χ1) is 9.90. The van der Waals surface area contributed by atoms with Gasteiger partial charge in [0.25, 0.3) is 0 Å². The molecule has 2 N–H and O–H groups in total. The second-order valence-electron chi connectivity index (χ2n) is 5.62. The normalized spacial score (nSPS) is 11.9. The Kier molecular flexibility index (Phi) is 5.05. The lowest BCUT2D eigenvalue weighted by Crippen LogP contribution is -2.31. The average molecular weight is 319 g/mol. The van der Waals surface area contributed by atoms with E-state index in [0.29, 0.717) is 0 Å². The van der Waals surface area contributed by atoms with E-state index in [4.69, 9.17) is 9.84 Å². The van der Waals surface area contributed by atoms with E-state index in [2.05, 4.69) is 5.32 Å². The zero-order valence-corrected chi connectivity index (χ0v) is 12.2. The Morgan fingerprint density at radius 1 is 1.27 bits per heavy atom. The van der Waals surface area contributed by atoms with Crippen LogP contribution in [0.3, 0.4) is 0 Å². The largest absolute Gasteiger partial charge is 0.477 e. The minimum absolute atomic E-state index is 0.0202. The number of carbonyl (C=O) groups is 2. The summed E-state index contributed by atoms with van der Waals surface area (Å²) in [5, 5.41) is 10.6. The summed E-state index contributed by atoms with van der Waals surface area (Å²) < 4.78 is 44.8. The van der Waals surface area contributed by atoms with Gasteiger partial charge in [-0.2, -0.15) is 8.78 Å². The van der Waals surface area contributed by atoms with Crippen molar-refractivity contribution in [2.24, 2.45) is 0 Å². The Labute approximate surface area is 125 Å². The number of nitrogens with one attached hydrogen (secondary N) is 1. The van der Waals surface area contributed by atoms with Crippen molar-refractivity contribution in [2.45, 2.75) is 38.7 Å². The molecule has 22 heavy (non-hydrogen) atoms. The molecule has 0 spiro atoms. The molecule has 5 nitrogen and oxygen atoms in total. The fourth-order valence-electron chi connectivity index (χ4n) is 1.52. The third-order valence-corrected chi connectivity index (χ3v) is 2.42. The summed E-state index contributed by atoms with van der Waals surface area (Å²) in [5.41, 5.74) is -1.27. The molecule has 0 unspecified atom stereocenters. The van der Waals surface area contributed by atoms with Gasteiger partial charge in [-0.3, -0.25) is 5.32 Å². The summed E-state index contributed by atoms with van der Waals surface area (Å²) in [5.74, 6) is -7.45. The lowest BCUT2D eigenvalue weighted by atomic mass is 10.1. The number of ether oxygens (including phenoxy) is 1. The maximum absolute atomic E-state index is 13.5. The molecule has 0 atom stereocenters. The number of carbonyl (C=O) groups excluding carboxylic acids is 1. The van der Waals surface area contributed by atoms with Gasteiger partial charge in [0.1, 0.15) is 11.4 Å². The number of benzene rings is 1. The molecule has 1 amide bonds. The monoisotopic (exact) mass is 319 g/mol. The van der Waals surface area contributed by atoms with Crippen molar-refractivity contribution >= 4 is 17.7 Å². The van der Waals surface area contributed by atoms with Crippen molar-refractivity contribution < 1.29 is 32.6 Å². The van der Waals surface area contributed by atoms with Crippen molar-refractivity contribution in [3.8, 4) is 0 Å². The maximum atomic E-state index is 13.5. The summed E-state index contributed by atoms with van der Waals surface area (Å²) in [6.07, 6.45) is -2.16. The standard InChI is InChI=1S/C14H16F3NO4/c1-13(2,3)22-12(21)18-9-4-5-10(15)8(6-9)7-14(16,17)11(19)20/h4-6H,7H2,1-3H3,(H,18,21)(H,19,20). The second-order valence-corrected chi connectivity index (χ2v) is 5.62. The summed E-state index contributed by atoms with van der Waals surface area (Å²) in [7, 11) is 0. The molecule has 1 aromatic rings. The van der Waals surface area contributed by atoms with Crippen LogP contribution in [0.1, 0.15) is 26.3 Å². The van der Waals surface area contributed by atoms with Crippen molar-refractivity contribution in [1.29, 1.82) is 0 Å². The minimum atomic E-state index is -4.11. The molecule has 0 fully saturated rings. The van der Waals surface area contributed by atoms with E-state index < -0.39 is 41.4 Å². The van der Waals surface area contributed by atoms with Gasteiger partial charge in [0.05, 0.1) is 6.42 Å². The van der Waals surface area contributed by atoms with E-state index in [1.807, 2.05) is 0 Å². The van der Waals surface area contributed by atoms with Crippen LogP contribution in [0.25, 0.3) is 0 Å². The van der Waals surface area contributed by atoms with Crippen LogP contribution < -0.4 is 5.32 Å². The van der Waals surface area contributed by atoms with Gasteiger partial charge in [0.2, 0.25) is 0 Å². The highest BCUT2D eigenvalue weighted by Crippen LogP contribution is 2.24. The van der Waals surface area contributed by atoms with Crippen LogP contribution in [0.4, 0.5) is 23.7 Å². The van der Waals surface area contributed by atoms with Gasteiger partial charge in [-0.1, -0.05) is 0 Å². The Morgan fingerprint density at radius 2 is 1.86 bits per heavy atom. The topological polar surface area (TPSA) is 75.6 Å². The van der Waals surface area contributed by atoms with E-state index in [9.17, 15) is 22.8 Å². The number of halogens is 3. The molecule has 0 aromatic heterocycles. The number of hydrogen-bond acceptors (Lipinski definition) is 3. The van der Waals surface area contributed by atoms with E-state index in [1.165, 1.54) is 0 Å². The van der Waals surface area contributed by atoms with Crippen LogP contribution in [0.5, 0.6) is 0 Å². The third-order valence-electron chi connectivity index (χ3n) is 2.42. The lowest BCUT2D eigenvalue weighted by Gasteiger charge is -2.20. The molecule has 0 radical (unpaired) electrons. The first-order valence-electron chi connectivity index (χ1n) is 6.30. The molecular weight excluding hydrogens is 303 g/mol. The van der Waals surface area contributed by atoms with Gasteiger partial charge in [0.15, 0.2) is 0 Å². The fourth-order valence-corrected chi connectivity index (χ4v) is 1.52. The molecule has 0 aliphatic rings. The quantitative estimate of drug-likeness (QED) is 0.891. The van der Waals surface area contributed by atoms with Gasteiger partial charge in [-0.05, 0) is 44.5 Å². The SMILES string of the molecule is CC(C)(C)OC(=O)Nc1ccc(F)c(CC(F)(F)C(=O)O)c1. The molecular formula is C14H16F3NO4. The van der Waals surface area contributed by atoms with Gasteiger partial charge in [-0.15, -0.1) is 0 Å². The van der Waals surface area contributed by atoms with Gasteiger partial charge >= 0.3 is 18.0 Å². The molecule has 1 rings (SSSR count). The predicted octanol–water partition coefficient (Wildman–Crippen LogP) is 3.44. The van der Waals surface area contributed by atoms with Crippen LogP contribution >= 0.6 is 0 Å². The lowest BCUT2D eigenvalue weighted by molar-refractivity contribution is -0.164. The van der Waals surface area contributed by atoms with Gasteiger partial charge < -0.3 is 9.84 Å². The fraction of sp³-hybridized carbons (Fsp3) is 0.429. The van der Waals surface area contributed by atoms with Gasteiger partial charge in [-0.25, -0.2) is 14.0 Å². The molecule has 0 aliphatic carbocycles. The highest BCUT2D eigenvalue weighted by atomic mass is 19.3. The molecule has 0 saturated heterocycles. The van der Waals surface area contributed by atoms with E-state index in [1.54, 1.807) is 20.8 Å². The molecule has 0 bridgehead atoms. The number of carboxylic acids is 1. The number of alkyl halides is 2. The predicted molar refractivity (Wildman–Crippen MR) is 72.5 cm³/mol. The second kappa shape index (κ2) is 6.25. The summed E-state index contributed by atoms with van der Waals surface area (Å²) in [4.78, 5) is 21.9. The number of amides is 1. The van der Waals surface area contributed by atoms with Crippen molar-refractivity contribution in [3.05, 3.63) is 29.6 Å². The van der Waals surface area contributed by atoms with Crippen LogP contribution in [0, 0.1) is 5.82 Å². The van der Waals surface area contributed by atoms with Gasteiger partial charge in [0, 0.05) is 5.69 Å². The Morgan fingerprint density at radius 3 is 2.36 bits per heavy atom. The van der Waals surface area contributed by atoms with Crippen LogP contribution in [-0.4, -0.2) is 28.7 Å². The molecule has 1 aromatic carbocycles. The Bertz CT molecular complexity index is 582. The molecule has 8 heteroatoms. The Balaban J connectivity index is 2.91. The van der Waals surface area contributed by atoms with Crippen molar-refractivity contribution in [3.63, 3.8) is 0 Å². The summed E-state index contributed by atoms with van der Waals surface area (Å²) >= 11 is 0. The number of rotatable bonds is 4. The zero-order valence-electron chi connectivity index (χ0n) is 12.2. The first kappa shape index (κ1) is 17.8.